The Morgan fingerprint density at radius 3 is 2.25 bits per heavy atom. The van der Waals surface area contributed by atoms with Gasteiger partial charge in [-0.05, 0) is 44.6 Å². The van der Waals surface area contributed by atoms with E-state index in [0.29, 0.717) is 6.04 Å². The van der Waals surface area contributed by atoms with E-state index in [9.17, 15) is 0 Å². The van der Waals surface area contributed by atoms with Gasteiger partial charge in [0.05, 0.1) is 0 Å². The van der Waals surface area contributed by atoms with Crippen LogP contribution in [0.1, 0.15) is 72.1 Å². The van der Waals surface area contributed by atoms with E-state index in [4.69, 9.17) is 0 Å². The second-order valence-electron chi connectivity index (χ2n) is 5.75. The van der Waals surface area contributed by atoms with Gasteiger partial charge >= 0.3 is 0 Å². The first-order valence-corrected chi connectivity index (χ1v) is 7.49. The van der Waals surface area contributed by atoms with Crippen LogP contribution in [0.5, 0.6) is 0 Å². The standard InChI is InChI=1S/C15H31N/c1-4-6-7-14-8-10-15(11-9-14)12-16-13(3)5-2/h13-16H,4-12H2,1-3H3. The lowest BCUT2D eigenvalue weighted by Crippen LogP contribution is -2.32. The van der Waals surface area contributed by atoms with E-state index in [1.165, 1.54) is 57.9 Å². The predicted octanol–water partition coefficient (Wildman–Crippen LogP) is 4.37. The Labute approximate surface area is 102 Å². The molecular formula is C15H31N. The maximum Gasteiger partial charge on any atom is 0.00362 e. The van der Waals surface area contributed by atoms with Gasteiger partial charge in [-0.1, -0.05) is 46.0 Å². The molecule has 0 heterocycles. The molecule has 16 heavy (non-hydrogen) atoms. The van der Waals surface area contributed by atoms with Gasteiger partial charge in [0.25, 0.3) is 0 Å². The Morgan fingerprint density at radius 2 is 1.69 bits per heavy atom. The SMILES string of the molecule is CCCCC1CCC(CNC(C)CC)CC1. The van der Waals surface area contributed by atoms with E-state index < -0.39 is 0 Å². The summed E-state index contributed by atoms with van der Waals surface area (Å²) in [5, 5.41) is 3.66. The fourth-order valence-corrected chi connectivity index (χ4v) is 2.73. The molecule has 0 spiro atoms. The van der Waals surface area contributed by atoms with Crippen molar-refractivity contribution in [2.75, 3.05) is 6.54 Å². The molecular weight excluding hydrogens is 194 g/mol. The molecule has 0 radical (unpaired) electrons. The maximum absolute atomic E-state index is 3.66. The minimum Gasteiger partial charge on any atom is -0.314 e. The molecule has 1 nitrogen and oxygen atoms in total. The van der Waals surface area contributed by atoms with Crippen molar-refractivity contribution in [3.8, 4) is 0 Å². The van der Waals surface area contributed by atoms with Crippen LogP contribution in [0.2, 0.25) is 0 Å². The second kappa shape index (κ2) is 8.11. The molecule has 0 saturated heterocycles. The predicted molar refractivity (Wildman–Crippen MR) is 72.7 cm³/mol. The highest BCUT2D eigenvalue weighted by atomic mass is 14.9. The van der Waals surface area contributed by atoms with E-state index >= 15 is 0 Å². The summed E-state index contributed by atoms with van der Waals surface area (Å²) in [5.41, 5.74) is 0. The molecule has 0 aromatic rings. The number of hydrogen-bond donors (Lipinski definition) is 1. The molecule has 0 aromatic carbocycles. The van der Waals surface area contributed by atoms with Crippen LogP contribution in [0.15, 0.2) is 0 Å². The van der Waals surface area contributed by atoms with Crippen LogP contribution in [0, 0.1) is 11.8 Å². The molecule has 0 aliphatic heterocycles. The first kappa shape index (κ1) is 14.0. The minimum atomic E-state index is 0.706. The van der Waals surface area contributed by atoms with Crippen molar-refractivity contribution >= 4 is 0 Å². The van der Waals surface area contributed by atoms with Crippen molar-refractivity contribution in [1.82, 2.24) is 5.32 Å². The zero-order valence-corrected chi connectivity index (χ0v) is 11.6. The molecule has 1 N–H and O–H groups in total. The number of rotatable bonds is 7. The minimum absolute atomic E-state index is 0.706. The third kappa shape index (κ3) is 5.34. The van der Waals surface area contributed by atoms with Crippen LogP contribution in [0.3, 0.4) is 0 Å². The molecule has 1 aliphatic rings. The Bertz CT molecular complexity index is 159. The highest BCUT2D eigenvalue weighted by molar-refractivity contribution is 4.75. The van der Waals surface area contributed by atoms with Gasteiger partial charge in [0.15, 0.2) is 0 Å². The smallest absolute Gasteiger partial charge is 0.00362 e. The number of nitrogens with one attached hydrogen (secondary N) is 1. The van der Waals surface area contributed by atoms with Crippen LogP contribution in [-0.4, -0.2) is 12.6 Å². The fraction of sp³-hybridized carbons (Fsp3) is 1.00. The van der Waals surface area contributed by atoms with Crippen LogP contribution in [-0.2, 0) is 0 Å². The van der Waals surface area contributed by atoms with Crippen LogP contribution in [0.25, 0.3) is 0 Å². The molecule has 1 saturated carbocycles. The summed E-state index contributed by atoms with van der Waals surface area (Å²) in [6.45, 7) is 8.13. The summed E-state index contributed by atoms with van der Waals surface area (Å²) < 4.78 is 0. The van der Waals surface area contributed by atoms with Crippen molar-refractivity contribution in [1.29, 1.82) is 0 Å². The first-order valence-electron chi connectivity index (χ1n) is 7.49. The molecule has 1 rings (SSSR count). The van der Waals surface area contributed by atoms with Gasteiger partial charge in [0.2, 0.25) is 0 Å². The Kier molecular flexibility index (Phi) is 7.11. The van der Waals surface area contributed by atoms with Gasteiger partial charge in [-0.25, -0.2) is 0 Å². The normalized spacial score (nSPS) is 27.9. The van der Waals surface area contributed by atoms with Crippen molar-refractivity contribution < 1.29 is 0 Å². The lowest BCUT2D eigenvalue weighted by atomic mass is 9.80. The van der Waals surface area contributed by atoms with Gasteiger partial charge in [-0.3, -0.25) is 0 Å². The number of hydrogen-bond acceptors (Lipinski definition) is 1. The molecule has 1 fully saturated rings. The average Bonchev–Trinajstić information content (AvgIpc) is 2.34. The van der Waals surface area contributed by atoms with E-state index in [2.05, 4.69) is 26.1 Å². The highest BCUT2D eigenvalue weighted by Gasteiger charge is 2.20. The summed E-state index contributed by atoms with van der Waals surface area (Å²) in [6, 6.07) is 0.706. The van der Waals surface area contributed by atoms with E-state index in [1.54, 1.807) is 0 Å². The van der Waals surface area contributed by atoms with Gasteiger partial charge < -0.3 is 5.32 Å². The third-order valence-electron chi connectivity index (χ3n) is 4.30. The maximum atomic E-state index is 3.66. The molecule has 1 unspecified atom stereocenters. The average molecular weight is 225 g/mol. The zero-order valence-electron chi connectivity index (χ0n) is 11.6. The molecule has 0 aromatic heterocycles. The van der Waals surface area contributed by atoms with Crippen molar-refractivity contribution in [2.45, 2.75) is 78.2 Å². The molecule has 96 valence electrons. The van der Waals surface area contributed by atoms with Crippen LogP contribution >= 0.6 is 0 Å². The van der Waals surface area contributed by atoms with Crippen LogP contribution < -0.4 is 5.32 Å². The second-order valence-corrected chi connectivity index (χ2v) is 5.75. The summed E-state index contributed by atoms with van der Waals surface area (Å²) in [6.07, 6.45) is 11.5. The topological polar surface area (TPSA) is 12.0 Å². The monoisotopic (exact) mass is 225 g/mol. The largest absolute Gasteiger partial charge is 0.314 e. The molecule has 0 bridgehead atoms. The Hall–Kier alpha value is -0.0400. The fourth-order valence-electron chi connectivity index (χ4n) is 2.73. The Balaban J connectivity index is 2.07. The van der Waals surface area contributed by atoms with E-state index in [-0.39, 0.29) is 0 Å². The zero-order chi connectivity index (χ0) is 11.8. The molecule has 1 atom stereocenters. The van der Waals surface area contributed by atoms with Crippen LogP contribution in [0.4, 0.5) is 0 Å². The summed E-state index contributed by atoms with van der Waals surface area (Å²) in [5.74, 6) is 2.02. The molecule has 0 amide bonds. The first-order chi connectivity index (χ1) is 7.76. The van der Waals surface area contributed by atoms with Gasteiger partial charge in [0.1, 0.15) is 0 Å². The third-order valence-corrected chi connectivity index (χ3v) is 4.30. The van der Waals surface area contributed by atoms with Crippen molar-refractivity contribution in [3.05, 3.63) is 0 Å². The van der Waals surface area contributed by atoms with E-state index in [0.717, 1.165) is 11.8 Å². The summed E-state index contributed by atoms with van der Waals surface area (Å²) in [4.78, 5) is 0. The molecule has 1 heteroatoms. The van der Waals surface area contributed by atoms with E-state index in [1.807, 2.05) is 0 Å². The quantitative estimate of drug-likeness (QED) is 0.678. The summed E-state index contributed by atoms with van der Waals surface area (Å²) >= 11 is 0. The molecule has 1 aliphatic carbocycles. The van der Waals surface area contributed by atoms with Gasteiger partial charge in [0, 0.05) is 6.04 Å². The van der Waals surface area contributed by atoms with Crippen molar-refractivity contribution in [2.24, 2.45) is 11.8 Å². The lowest BCUT2D eigenvalue weighted by Gasteiger charge is -2.29. The Morgan fingerprint density at radius 1 is 1.06 bits per heavy atom. The van der Waals surface area contributed by atoms with Gasteiger partial charge in [-0.2, -0.15) is 0 Å². The van der Waals surface area contributed by atoms with Gasteiger partial charge in [-0.15, -0.1) is 0 Å². The summed E-state index contributed by atoms with van der Waals surface area (Å²) in [7, 11) is 0. The van der Waals surface area contributed by atoms with Crippen molar-refractivity contribution in [3.63, 3.8) is 0 Å². The highest BCUT2D eigenvalue weighted by Crippen LogP contribution is 2.31. The lowest BCUT2D eigenvalue weighted by molar-refractivity contribution is 0.249. The number of unbranched alkanes of at least 4 members (excludes halogenated alkanes) is 1.